The molecule has 0 atom stereocenters. The number of hydrogen-bond acceptors (Lipinski definition) is 2. The fourth-order valence-corrected chi connectivity index (χ4v) is 1.64. The molecule has 0 aliphatic rings. The van der Waals surface area contributed by atoms with Crippen molar-refractivity contribution in [2.75, 3.05) is 0 Å². The van der Waals surface area contributed by atoms with E-state index in [0.29, 0.717) is 16.1 Å². The van der Waals surface area contributed by atoms with Crippen molar-refractivity contribution in [2.45, 2.75) is 0 Å². The van der Waals surface area contributed by atoms with Gasteiger partial charge in [-0.25, -0.2) is 0 Å². The van der Waals surface area contributed by atoms with Crippen molar-refractivity contribution in [3.63, 3.8) is 0 Å². The minimum atomic E-state index is -0.256. The summed E-state index contributed by atoms with van der Waals surface area (Å²) in [5, 5.41) is 10.4. The van der Waals surface area contributed by atoms with Crippen LogP contribution in [0.3, 0.4) is 0 Å². The highest BCUT2D eigenvalue weighted by molar-refractivity contribution is 6.30. The van der Waals surface area contributed by atoms with Crippen LogP contribution in [0, 0.1) is 0 Å². The zero-order valence-electron chi connectivity index (χ0n) is 9.51. The molecule has 2 aromatic carbocycles. The Morgan fingerprint density at radius 1 is 0.944 bits per heavy atom. The van der Waals surface area contributed by atoms with Gasteiger partial charge >= 0.3 is 0 Å². The van der Waals surface area contributed by atoms with Gasteiger partial charge in [-0.1, -0.05) is 41.9 Å². The Morgan fingerprint density at radius 3 is 2.17 bits per heavy atom. The number of carbonyl (C=O) groups excluding carboxylic acids is 1. The van der Waals surface area contributed by atoms with Crippen LogP contribution in [-0.4, -0.2) is 10.9 Å². The van der Waals surface area contributed by atoms with E-state index in [1.54, 1.807) is 48.5 Å². The molecule has 0 radical (unpaired) electrons. The second kappa shape index (κ2) is 5.52. The molecule has 1 N–H and O–H groups in total. The molecule has 0 aliphatic carbocycles. The van der Waals surface area contributed by atoms with Crippen molar-refractivity contribution in [1.29, 1.82) is 0 Å². The number of rotatable bonds is 3. The Hall–Kier alpha value is -2.06. The average Bonchev–Trinajstić information content (AvgIpc) is 2.40. The number of benzene rings is 2. The van der Waals surface area contributed by atoms with Gasteiger partial charge in [0.2, 0.25) is 0 Å². The topological polar surface area (TPSA) is 37.3 Å². The fraction of sp³-hybridized carbons (Fsp3) is 0. The highest BCUT2D eigenvalue weighted by atomic mass is 35.5. The second-order valence-corrected chi connectivity index (χ2v) is 4.20. The van der Waals surface area contributed by atoms with Crippen LogP contribution in [0.15, 0.2) is 60.7 Å². The summed E-state index contributed by atoms with van der Waals surface area (Å²) in [5.41, 5.74) is 1.10. The van der Waals surface area contributed by atoms with Gasteiger partial charge in [0.15, 0.2) is 5.78 Å². The summed E-state index contributed by atoms with van der Waals surface area (Å²) in [7, 11) is 0. The van der Waals surface area contributed by atoms with E-state index in [1.807, 2.05) is 6.07 Å². The van der Waals surface area contributed by atoms with Gasteiger partial charge in [-0.3, -0.25) is 4.79 Å². The zero-order valence-corrected chi connectivity index (χ0v) is 10.3. The van der Waals surface area contributed by atoms with Gasteiger partial charge in [-0.15, -0.1) is 0 Å². The van der Waals surface area contributed by atoms with Gasteiger partial charge in [0.05, 0.1) is 0 Å². The summed E-state index contributed by atoms with van der Waals surface area (Å²) in [5.74, 6) is -0.302. The van der Waals surface area contributed by atoms with Crippen molar-refractivity contribution >= 4 is 23.1 Å². The van der Waals surface area contributed by atoms with E-state index in [4.69, 9.17) is 11.6 Å². The minimum absolute atomic E-state index is 0.0458. The lowest BCUT2D eigenvalue weighted by Crippen LogP contribution is -1.96. The number of ketones is 1. The first-order valence-corrected chi connectivity index (χ1v) is 5.80. The normalized spacial score (nSPS) is 11.3. The van der Waals surface area contributed by atoms with Gasteiger partial charge in [0.25, 0.3) is 0 Å². The van der Waals surface area contributed by atoms with E-state index >= 15 is 0 Å². The molecule has 90 valence electrons. The molecule has 0 aliphatic heterocycles. The monoisotopic (exact) mass is 258 g/mol. The molecular formula is C15H11ClO2. The Bertz CT molecular complexity index is 571. The van der Waals surface area contributed by atoms with Gasteiger partial charge in [0, 0.05) is 22.2 Å². The third-order valence-corrected chi connectivity index (χ3v) is 2.72. The highest BCUT2D eigenvalue weighted by Gasteiger charge is 2.05. The Kier molecular flexibility index (Phi) is 3.80. The van der Waals surface area contributed by atoms with E-state index in [2.05, 4.69) is 0 Å². The smallest absolute Gasteiger partial charge is 0.189 e. The van der Waals surface area contributed by atoms with Crippen LogP contribution in [0.4, 0.5) is 0 Å². The van der Waals surface area contributed by atoms with E-state index < -0.39 is 0 Å². The predicted molar refractivity (Wildman–Crippen MR) is 72.8 cm³/mol. The molecule has 0 fully saturated rings. The van der Waals surface area contributed by atoms with Crippen LogP contribution >= 0.6 is 11.6 Å². The van der Waals surface area contributed by atoms with Crippen LogP contribution in [0.1, 0.15) is 15.9 Å². The molecule has 2 rings (SSSR count). The molecule has 0 bridgehead atoms. The molecule has 2 nitrogen and oxygen atoms in total. The van der Waals surface area contributed by atoms with Crippen molar-refractivity contribution in [3.8, 4) is 0 Å². The van der Waals surface area contributed by atoms with Crippen LogP contribution in [0.5, 0.6) is 0 Å². The SMILES string of the molecule is O=C(C=C(O)c1ccccc1)c1ccc(Cl)cc1. The largest absolute Gasteiger partial charge is 0.507 e. The van der Waals surface area contributed by atoms with E-state index in [-0.39, 0.29) is 11.5 Å². The summed E-state index contributed by atoms with van der Waals surface area (Å²) in [6, 6.07) is 15.4. The van der Waals surface area contributed by atoms with Gasteiger partial charge < -0.3 is 5.11 Å². The third kappa shape index (κ3) is 2.99. The summed E-state index contributed by atoms with van der Waals surface area (Å²) in [6.45, 7) is 0. The standard InChI is InChI=1S/C15H11ClO2/c16-13-8-6-12(7-9-13)15(18)10-14(17)11-4-2-1-3-5-11/h1-10,17H. The van der Waals surface area contributed by atoms with Gasteiger partial charge in [0.1, 0.15) is 5.76 Å². The molecule has 18 heavy (non-hydrogen) atoms. The number of carbonyl (C=O) groups is 1. The molecule has 0 saturated carbocycles. The molecule has 0 heterocycles. The number of halogens is 1. The van der Waals surface area contributed by atoms with E-state index in [9.17, 15) is 9.90 Å². The summed E-state index contributed by atoms with van der Waals surface area (Å²) in [4.78, 5) is 11.9. The van der Waals surface area contributed by atoms with Crippen molar-refractivity contribution < 1.29 is 9.90 Å². The van der Waals surface area contributed by atoms with Crippen LogP contribution in [-0.2, 0) is 0 Å². The van der Waals surface area contributed by atoms with E-state index in [0.717, 1.165) is 0 Å². The molecule has 2 aromatic rings. The summed E-state index contributed by atoms with van der Waals surface area (Å²) < 4.78 is 0. The molecule has 3 heteroatoms. The van der Waals surface area contributed by atoms with Crippen LogP contribution in [0.2, 0.25) is 5.02 Å². The maximum atomic E-state index is 11.9. The number of aliphatic hydroxyl groups is 1. The maximum Gasteiger partial charge on any atom is 0.189 e. The maximum absolute atomic E-state index is 11.9. The first-order valence-electron chi connectivity index (χ1n) is 5.43. The number of aliphatic hydroxyl groups excluding tert-OH is 1. The summed E-state index contributed by atoms with van der Waals surface area (Å²) in [6.07, 6.45) is 1.21. The molecule has 0 amide bonds. The molecule has 0 spiro atoms. The first kappa shape index (κ1) is 12.4. The van der Waals surface area contributed by atoms with Crippen molar-refractivity contribution in [2.24, 2.45) is 0 Å². The number of hydrogen-bond donors (Lipinski definition) is 1. The van der Waals surface area contributed by atoms with Crippen molar-refractivity contribution in [3.05, 3.63) is 76.8 Å². The van der Waals surface area contributed by atoms with Crippen LogP contribution in [0.25, 0.3) is 5.76 Å². The Labute approximate surface area is 110 Å². The fourth-order valence-electron chi connectivity index (χ4n) is 1.51. The molecule has 0 saturated heterocycles. The molecule has 0 unspecified atom stereocenters. The predicted octanol–water partition coefficient (Wildman–Crippen LogP) is 4.12. The minimum Gasteiger partial charge on any atom is -0.507 e. The quantitative estimate of drug-likeness (QED) is 0.511. The van der Waals surface area contributed by atoms with Gasteiger partial charge in [-0.2, -0.15) is 0 Å². The van der Waals surface area contributed by atoms with Gasteiger partial charge in [-0.05, 0) is 24.3 Å². The average molecular weight is 259 g/mol. The second-order valence-electron chi connectivity index (χ2n) is 3.77. The lowest BCUT2D eigenvalue weighted by atomic mass is 10.1. The molecular weight excluding hydrogens is 248 g/mol. The number of allylic oxidation sites excluding steroid dienone is 1. The Balaban J connectivity index is 2.23. The lowest BCUT2D eigenvalue weighted by Gasteiger charge is -2.00. The Morgan fingerprint density at radius 2 is 1.56 bits per heavy atom. The summed E-state index contributed by atoms with van der Waals surface area (Å²) >= 11 is 5.74. The van der Waals surface area contributed by atoms with E-state index in [1.165, 1.54) is 6.08 Å². The van der Waals surface area contributed by atoms with Crippen molar-refractivity contribution in [1.82, 2.24) is 0 Å². The lowest BCUT2D eigenvalue weighted by molar-refractivity contribution is 0.104. The highest BCUT2D eigenvalue weighted by Crippen LogP contribution is 2.14. The third-order valence-electron chi connectivity index (χ3n) is 2.47. The van der Waals surface area contributed by atoms with Crippen LogP contribution < -0.4 is 0 Å². The zero-order chi connectivity index (χ0) is 13.0. The first-order chi connectivity index (χ1) is 8.66. The molecule has 0 aromatic heterocycles.